The summed E-state index contributed by atoms with van der Waals surface area (Å²) in [7, 11) is 0. The molecule has 2 fully saturated rings. The molecule has 0 unspecified atom stereocenters. The van der Waals surface area contributed by atoms with Crippen LogP contribution in [0.15, 0.2) is 54.7 Å². The van der Waals surface area contributed by atoms with E-state index >= 15 is 0 Å². The highest BCUT2D eigenvalue weighted by Gasteiger charge is 2.52. The summed E-state index contributed by atoms with van der Waals surface area (Å²) in [5.74, 6) is 1.81. The van der Waals surface area contributed by atoms with Gasteiger partial charge in [0.15, 0.2) is 0 Å². The molecule has 0 radical (unpaired) electrons. The predicted molar refractivity (Wildman–Crippen MR) is 112 cm³/mol. The van der Waals surface area contributed by atoms with Gasteiger partial charge in [0.2, 0.25) is 0 Å². The zero-order valence-electron chi connectivity index (χ0n) is 16.9. The summed E-state index contributed by atoms with van der Waals surface area (Å²) in [5.41, 5.74) is 3.26. The van der Waals surface area contributed by atoms with Crippen LogP contribution in [0.2, 0.25) is 0 Å². The van der Waals surface area contributed by atoms with Crippen LogP contribution in [0.4, 0.5) is 0 Å². The van der Waals surface area contributed by atoms with Crippen molar-refractivity contribution in [3.05, 3.63) is 60.4 Å². The number of hydrogen-bond donors (Lipinski definition) is 0. The second-order valence-corrected chi connectivity index (χ2v) is 8.39. The standard InChI is InChI=1S/C25H29NO2/c1-4-21-16(2)14-23-24(17(3)28-25(23)27)22(21)13-12-20-11-10-19(15-26-20)18-8-6-5-7-9-18/h5-13,15-17,21-24H,4,14H2,1-3H3/b13-12+/t16-,17+,21+,22-,23+,24-/m0/s1. The number of carbonyl (C=O) groups is 1. The van der Waals surface area contributed by atoms with Crippen molar-refractivity contribution in [2.24, 2.45) is 29.6 Å². The number of esters is 1. The Bertz CT molecular complexity index is 843. The van der Waals surface area contributed by atoms with Gasteiger partial charge < -0.3 is 4.74 Å². The van der Waals surface area contributed by atoms with Gasteiger partial charge in [0.1, 0.15) is 6.10 Å². The zero-order chi connectivity index (χ0) is 19.7. The lowest BCUT2D eigenvalue weighted by molar-refractivity contribution is -0.144. The normalized spacial score (nSPS) is 32.3. The number of pyridine rings is 1. The molecule has 0 amide bonds. The Balaban J connectivity index is 1.57. The van der Waals surface area contributed by atoms with Crippen molar-refractivity contribution < 1.29 is 9.53 Å². The lowest BCUT2D eigenvalue weighted by Gasteiger charge is -2.41. The molecule has 2 aromatic rings. The van der Waals surface area contributed by atoms with Crippen LogP contribution < -0.4 is 0 Å². The van der Waals surface area contributed by atoms with E-state index in [2.05, 4.69) is 62.2 Å². The maximum atomic E-state index is 12.3. The van der Waals surface area contributed by atoms with Crippen molar-refractivity contribution in [3.8, 4) is 11.1 Å². The van der Waals surface area contributed by atoms with Gasteiger partial charge in [-0.1, -0.05) is 62.7 Å². The van der Waals surface area contributed by atoms with E-state index in [0.29, 0.717) is 17.8 Å². The molecule has 1 aliphatic heterocycles. The van der Waals surface area contributed by atoms with Crippen molar-refractivity contribution in [2.45, 2.75) is 39.7 Å². The molecule has 1 aliphatic carbocycles. The number of hydrogen-bond acceptors (Lipinski definition) is 3. The van der Waals surface area contributed by atoms with Gasteiger partial charge in [-0.25, -0.2) is 0 Å². The van der Waals surface area contributed by atoms with E-state index < -0.39 is 0 Å². The van der Waals surface area contributed by atoms with Crippen LogP contribution in [0.1, 0.15) is 39.3 Å². The number of allylic oxidation sites excluding steroid dienone is 1. The van der Waals surface area contributed by atoms with Gasteiger partial charge >= 0.3 is 5.97 Å². The van der Waals surface area contributed by atoms with Crippen molar-refractivity contribution in [1.29, 1.82) is 0 Å². The SMILES string of the molecule is CC[C@H]1[C@H](/C=C/c2ccc(-c3ccccc3)cn2)[C@@H]2[C@@H](C)OC(=O)[C@@H]2C[C@@H]1C. The summed E-state index contributed by atoms with van der Waals surface area (Å²) >= 11 is 0. The highest BCUT2D eigenvalue weighted by atomic mass is 16.6. The first kappa shape index (κ1) is 18.9. The smallest absolute Gasteiger partial charge is 0.309 e. The topological polar surface area (TPSA) is 39.2 Å². The molecule has 1 saturated carbocycles. The van der Waals surface area contributed by atoms with E-state index in [0.717, 1.165) is 24.1 Å². The number of fused-ring (bicyclic) bond motifs is 1. The largest absolute Gasteiger partial charge is 0.462 e. The number of ether oxygens (including phenoxy) is 1. The van der Waals surface area contributed by atoms with Gasteiger partial charge in [-0.05, 0) is 48.8 Å². The number of carbonyl (C=O) groups excluding carboxylic acids is 1. The number of aromatic nitrogens is 1. The molecule has 1 saturated heterocycles. The van der Waals surface area contributed by atoms with E-state index in [1.807, 2.05) is 24.4 Å². The van der Waals surface area contributed by atoms with Crippen LogP contribution in [0.3, 0.4) is 0 Å². The molecule has 1 aromatic carbocycles. The van der Waals surface area contributed by atoms with E-state index in [9.17, 15) is 4.79 Å². The van der Waals surface area contributed by atoms with Crippen LogP contribution in [0, 0.1) is 29.6 Å². The number of rotatable bonds is 4. The molecule has 2 heterocycles. The van der Waals surface area contributed by atoms with Gasteiger partial charge in [-0.3, -0.25) is 9.78 Å². The lowest BCUT2D eigenvalue weighted by Crippen LogP contribution is -2.40. The van der Waals surface area contributed by atoms with E-state index in [1.165, 1.54) is 5.56 Å². The molecular formula is C25H29NO2. The first-order valence-electron chi connectivity index (χ1n) is 10.5. The molecule has 6 atom stereocenters. The molecule has 3 nitrogen and oxygen atoms in total. The quantitative estimate of drug-likeness (QED) is 0.651. The molecule has 2 aliphatic rings. The molecule has 0 spiro atoms. The molecule has 146 valence electrons. The molecular weight excluding hydrogens is 346 g/mol. The fraction of sp³-hybridized carbons (Fsp3) is 0.440. The Hall–Kier alpha value is -2.42. The van der Waals surface area contributed by atoms with Crippen LogP contribution in [0.5, 0.6) is 0 Å². The zero-order valence-corrected chi connectivity index (χ0v) is 16.9. The summed E-state index contributed by atoms with van der Waals surface area (Å²) in [4.78, 5) is 16.9. The van der Waals surface area contributed by atoms with E-state index in [4.69, 9.17) is 4.74 Å². The molecule has 1 aromatic heterocycles. The van der Waals surface area contributed by atoms with Gasteiger partial charge in [0, 0.05) is 17.7 Å². The highest BCUT2D eigenvalue weighted by molar-refractivity contribution is 5.75. The lowest BCUT2D eigenvalue weighted by atomic mass is 9.61. The maximum Gasteiger partial charge on any atom is 0.309 e. The summed E-state index contributed by atoms with van der Waals surface area (Å²) < 4.78 is 5.61. The third-order valence-corrected chi connectivity index (χ3v) is 6.76. The number of nitrogens with zero attached hydrogens (tertiary/aromatic N) is 1. The summed E-state index contributed by atoms with van der Waals surface area (Å²) in [6.07, 6.45) is 8.45. The minimum atomic E-state index is 0.00196. The third kappa shape index (κ3) is 3.50. The van der Waals surface area contributed by atoms with Gasteiger partial charge in [0.05, 0.1) is 11.6 Å². The second kappa shape index (κ2) is 7.90. The third-order valence-electron chi connectivity index (χ3n) is 6.76. The van der Waals surface area contributed by atoms with E-state index in [1.54, 1.807) is 0 Å². The first-order chi connectivity index (χ1) is 13.6. The van der Waals surface area contributed by atoms with Crippen LogP contribution in [0.25, 0.3) is 17.2 Å². The monoisotopic (exact) mass is 375 g/mol. The minimum Gasteiger partial charge on any atom is -0.462 e. The number of cyclic esters (lactones) is 1. The Morgan fingerprint density at radius 1 is 1.11 bits per heavy atom. The molecule has 3 heteroatoms. The van der Waals surface area contributed by atoms with Gasteiger partial charge in [0.25, 0.3) is 0 Å². The maximum absolute atomic E-state index is 12.3. The van der Waals surface area contributed by atoms with E-state index in [-0.39, 0.29) is 23.9 Å². The number of benzene rings is 1. The average molecular weight is 376 g/mol. The fourth-order valence-electron chi connectivity index (χ4n) is 5.37. The summed E-state index contributed by atoms with van der Waals surface area (Å²) in [6, 6.07) is 14.5. The summed E-state index contributed by atoms with van der Waals surface area (Å²) in [6.45, 7) is 6.60. The van der Waals surface area contributed by atoms with Crippen molar-refractivity contribution >= 4 is 12.0 Å². The Labute approximate surface area is 167 Å². The van der Waals surface area contributed by atoms with Crippen LogP contribution >= 0.6 is 0 Å². The molecule has 28 heavy (non-hydrogen) atoms. The van der Waals surface area contributed by atoms with Crippen molar-refractivity contribution in [3.63, 3.8) is 0 Å². The fourth-order valence-corrected chi connectivity index (χ4v) is 5.37. The highest BCUT2D eigenvalue weighted by Crippen LogP contribution is 2.50. The van der Waals surface area contributed by atoms with Gasteiger partial charge in [-0.15, -0.1) is 0 Å². The Morgan fingerprint density at radius 3 is 2.57 bits per heavy atom. The predicted octanol–water partition coefficient (Wildman–Crippen LogP) is 5.62. The Morgan fingerprint density at radius 2 is 1.89 bits per heavy atom. The van der Waals surface area contributed by atoms with Gasteiger partial charge in [-0.2, -0.15) is 0 Å². The average Bonchev–Trinajstić information content (AvgIpc) is 3.00. The minimum absolute atomic E-state index is 0.00196. The van der Waals surface area contributed by atoms with Crippen molar-refractivity contribution in [2.75, 3.05) is 0 Å². The molecule has 0 N–H and O–H groups in total. The van der Waals surface area contributed by atoms with Crippen molar-refractivity contribution in [1.82, 2.24) is 4.98 Å². The first-order valence-corrected chi connectivity index (χ1v) is 10.5. The molecule has 0 bridgehead atoms. The molecule has 4 rings (SSSR count). The van der Waals surface area contributed by atoms with Crippen LogP contribution in [-0.2, 0) is 9.53 Å². The van der Waals surface area contributed by atoms with Crippen LogP contribution in [-0.4, -0.2) is 17.1 Å². The summed E-state index contributed by atoms with van der Waals surface area (Å²) in [5, 5.41) is 0. The second-order valence-electron chi connectivity index (χ2n) is 8.39. The Kier molecular flexibility index (Phi) is 5.34.